The van der Waals surface area contributed by atoms with Crippen LogP contribution in [0.2, 0.25) is 5.02 Å². The Hall–Kier alpha value is -1.93. The van der Waals surface area contributed by atoms with Crippen molar-refractivity contribution in [3.63, 3.8) is 0 Å². The summed E-state index contributed by atoms with van der Waals surface area (Å²) in [6.45, 7) is 3.00. The lowest BCUT2D eigenvalue weighted by Gasteiger charge is -2.28. The zero-order chi connectivity index (χ0) is 22.4. The van der Waals surface area contributed by atoms with Gasteiger partial charge in [0.05, 0.1) is 16.9 Å². The van der Waals surface area contributed by atoms with Crippen LogP contribution >= 0.6 is 27.5 Å². The van der Waals surface area contributed by atoms with E-state index in [1.165, 1.54) is 0 Å². The Kier molecular flexibility index (Phi) is 6.14. The Balaban J connectivity index is 1.41. The second-order valence-corrected chi connectivity index (χ2v) is 10.2. The number of imide groups is 1. The molecule has 7 nitrogen and oxygen atoms in total. The summed E-state index contributed by atoms with van der Waals surface area (Å²) < 4.78 is 5.91. The summed E-state index contributed by atoms with van der Waals surface area (Å²) in [7, 11) is 0. The SMILES string of the molecule is CC(C)[C@@H](C(=O)OCC(=O)Nc1ccc(Br)c(Cl)c1)N1C(=O)[C@@H]2[C@H]3CC[C@@H](C3)[C@@H]2C1=O. The number of hydrogen-bond donors (Lipinski definition) is 1. The largest absolute Gasteiger partial charge is 0.454 e. The number of hydrogen-bond acceptors (Lipinski definition) is 5. The second kappa shape index (κ2) is 8.54. The Morgan fingerprint density at radius 1 is 1.19 bits per heavy atom. The zero-order valence-corrected chi connectivity index (χ0v) is 19.6. The topological polar surface area (TPSA) is 92.8 Å². The Morgan fingerprint density at radius 3 is 2.35 bits per heavy atom. The predicted molar refractivity (Wildman–Crippen MR) is 117 cm³/mol. The first-order chi connectivity index (χ1) is 14.7. The van der Waals surface area contributed by atoms with Crippen LogP contribution in [-0.4, -0.2) is 41.2 Å². The molecule has 0 unspecified atom stereocenters. The molecule has 9 heteroatoms. The van der Waals surface area contributed by atoms with E-state index in [4.69, 9.17) is 16.3 Å². The molecule has 0 spiro atoms. The van der Waals surface area contributed by atoms with Gasteiger partial charge in [0.1, 0.15) is 6.04 Å². The second-order valence-electron chi connectivity index (χ2n) is 8.90. The summed E-state index contributed by atoms with van der Waals surface area (Å²) in [5.41, 5.74) is 0.461. The fourth-order valence-corrected chi connectivity index (χ4v) is 5.80. The molecular formula is C22H24BrClN2O5. The number of likely N-dealkylation sites (tertiary alicyclic amines) is 1. The number of esters is 1. The molecule has 3 fully saturated rings. The van der Waals surface area contributed by atoms with Gasteiger partial charge in [-0.2, -0.15) is 0 Å². The predicted octanol–water partition coefficient (Wildman–Crippen LogP) is 3.64. The van der Waals surface area contributed by atoms with Crippen LogP contribution in [0.15, 0.2) is 22.7 Å². The molecule has 3 aliphatic rings. The lowest BCUT2D eigenvalue weighted by Crippen LogP contribution is -2.50. The van der Waals surface area contributed by atoms with Crippen molar-refractivity contribution >= 4 is 56.9 Å². The summed E-state index contributed by atoms with van der Waals surface area (Å²) in [5.74, 6) is -2.25. The number of nitrogens with one attached hydrogen (secondary N) is 1. The van der Waals surface area contributed by atoms with Crippen LogP contribution in [0.5, 0.6) is 0 Å². The molecular weight excluding hydrogens is 488 g/mol. The van der Waals surface area contributed by atoms with Gasteiger partial charge < -0.3 is 10.1 Å². The highest BCUT2D eigenvalue weighted by atomic mass is 79.9. The van der Waals surface area contributed by atoms with Gasteiger partial charge in [-0.05, 0) is 71.1 Å². The molecule has 1 aliphatic heterocycles. The van der Waals surface area contributed by atoms with Crippen LogP contribution in [0.25, 0.3) is 0 Å². The molecule has 5 atom stereocenters. The van der Waals surface area contributed by atoms with E-state index in [2.05, 4.69) is 21.2 Å². The van der Waals surface area contributed by atoms with Gasteiger partial charge in [0.25, 0.3) is 5.91 Å². The van der Waals surface area contributed by atoms with Crippen molar-refractivity contribution in [1.29, 1.82) is 0 Å². The van der Waals surface area contributed by atoms with E-state index in [1.54, 1.807) is 32.0 Å². The molecule has 166 valence electrons. The van der Waals surface area contributed by atoms with Gasteiger partial charge in [0.2, 0.25) is 11.8 Å². The maximum absolute atomic E-state index is 13.1. The van der Waals surface area contributed by atoms with E-state index in [-0.39, 0.29) is 41.4 Å². The van der Waals surface area contributed by atoms with E-state index in [0.717, 1.165) is 24.2 Å². The monoisotopic (exact) mass is 510 g/mol. The van der Waals surface area contributed by atoms with Crippen molar-refractivity contribution in [1.82, 2.24) is 4.90 Å². The minimum absolute atomic E-state index is 0.240. The molecule has 0 radical (unpaired) electrons. The van der Waals surface area contributed by atoms with Crippen LogP contribution in [0.1, 0.15) is 33.1 Å². The lowest BCUT2D eigenvalue weighted by molar-refractivity contribution is -0.162. The molecule has 31 heavy (non-hydrogen) atoms. The Bertz CT molecular complexity index is 924. The van der Waals surface area contributed by atoms with Crippen molar-refractivity contribution in [3.8, 4) is 0 Å². The smallest absolute Gasteiger partial charge is 0.330 e. The van der Waals surface area contributed by atoms with Crippen molar-refractivity contribution in [3.05, 3.63) is 27.7 Å². The Labute approximate surface area is 193 Å². The molecule has 1 aromatic carbocycles. The van der Waals surface area contributed by atoms with Crippen molar-refractivity contribution in [2.45, 2.75) is 39.2 Å². The first kappa shape index (κ1) is 22.3. The highest BCUT2D eigenvalue weighted by Gasteiger charge is 2.62. The van der Waals surface area contributed by atoms with Gasteiger partial charge in [-0.3, -0.25) is 19.3 Å². The summed E-state index contributed by atoms with van der Waals surface area (Å²) >= 11 is 9.29. The maximum atomic E-state index is 13.1. The van der Waals surface area contributed by atoms with Crippen molar-refractivity contribution < 1.29 is 23.9 Å². The molecule has 1 saturated heterocycles. The third-order valence-electron chi connectivity index (χ3n) is 6.66. The summed E-state index contributed by atoms with van der Waals surface area (Å²) in [4.78, 5) is 52.3. The average molecular weight is 512 g/mol. The fraction of sp³-hybridized carbons (Fsp3) is 0.545. The molecule has 3 amide bonds. The minimum atomic E-state index is -1.03. The maximum Gasteiger partial charge on any atom is 0.330 e. The van der Waals surface area contributed by atoms with E-state index in [1.807, 2.05) is 0 Å². The number of ether oxygens (including phenoxy) is 1. The van der Waals surface area contributed by atoms with E-state index in [9.17, 15) is 19.2 Å². The first-order valence-electron chi connectivity index (χ1n) is 10.5. The number of halogens is 2. The zero-order valence-electron chi connectivity index (χ0n) is 17.3. The number of nitrogens with zero attached hydrogens (tertiary/aromatic N) is 1. The number of amides is 3. The van der Waals surface area contributed by atoms with E-state index < -0.39 is 24.5 Å². The number of carbonyl (C=O) groups excluding carboxylic acids is 4. The highest BCUT2D eigenvalue weighted by Crippen LogP contribution is 2.56. The third kappa shape index (κ3) is 4.00. The third-order valence-corrected chi connectivity index (χ3v) is 7.89. The summed E-state index contributed by atoms with van der Waals surface area (Å²) in [5, 5.41) is 3.03. The van der Waals surface area contributed by atoms with Crippen molar-refractivity contribution in [2.75, 3.05) is 11.9 Å². The van der Waals surface area contributed by atoms with Crippen LogP contribution in [0, 0.1) is 29.6 Å². The number of fused-ring (bicyclic) bond motifs is 5. The molecule has 1 aromatic rings. The average Bonchev–Trinajstić information content (AvgIpc) is 3.39. The van der Waals surface area contributed by atoms with Crippen LogP contribution in [0.4, 0.5) is 5.69 Å². The van der Waals surface area contributed by atoms with Gasteiger partial charge in [-0.25, -0.2) is 4.79 Å². The van der Waals surface area contributed by atoms with Crippen molar-refractivity contribution in [2.24, 2.45) is 29.6 Å². The van der Waals surface area contributed by atoms with Gasteiger partial charge in [0.15, 0.2) is 6.61 Å². The van der Waals surface area contributed by atoms with E-state index in [0.29, 0.717) is 15.2 Å². The van der Waals surface area contributed by atoms with E-state index >= 15 is 0 Å². The number of carbonyl (C=O) groups is 4. The van der Waals surface area contributed by atoms with Gasteiger partial charge in [-0.15, -0.1) is 0 Å². The first-order valence-corrected chi connectivity index (χ1v) is 11.6. The molecule has 2 bridgehead atoms. The fourth-order valence-electron chi connectivity index (χ4n) is 5.37. The number of benzene rings is 1. The summed E-state index contributed by atoms with van der Waals surface area (Å²) in [6.07, 6.45) is 2.86. The lowest BCUT2D eigenvalue weighted by atomic mass is 9.81. The molecule has 2 saturated carbocycles. The normalized spacial score (nSPS) is 27.6. The number of anilines is 1. The van der Waals surface area contributed by atoms with Crippen LogP contribution < -0.4 is 5.32 Å². The molecule has 0 aromatic heterocycles. The minimum Gasteiger partial charge on any atom is -0.454 e. The van der Waals surface area contributed by atoms with Gasteiger partial charge >= 0.3 is 5.97 Å². The van der Waals surface area contributed by atoms with Gasteiger partial charge in [-0.1, -0.05) is 25.4 Å². The van der Waals surface area contributed by atoms with Crippen LogP contribution in [-0.2, 0) is 23.9 Å². The molecule has 4 rings (SSSR count). The number of rotatable bonds is 6. The summed E-state index contributed by atoms with van der Waals surface area (Å²) in [6, 6.07) is 3.88. The molecule has 2 aliphatic carbocycles. The molecule has 1 heterocycles. The highest BCUT2D eigenvalue weighted by molar-refractivity contribution is 9.10. The standard InChI is InChI=1S/C22H24BrClN2O5/c1-10(2)19(26-20(28)17-11-3-4-12(7-11)18(17)21(26)29)22(30)31-9-16(27)25-13-5-6-14(23)15(24)8-13/h5-6,8,10-12,17-19H,3-4,7,9H2,1-2H3,(H,25,27)/t11-,12-,17-,18+,19-/m0/s1. The van der Waals surface area contributed by atoms with Crippen LogP contribution in [0.3, 0.4) is 0 Å². The quantitative estimate of drug-likeness (QED) is 0.465. The Morgan fingerprint density at radius 2 is 1.81 bits per heavy atom. The van der Waals surface area contributed by atoms with Gasteiger partial charge in [0, 0.05) is 10.2 Å². The molecule has 1 N–H and O–H groups in total.